The van der Waals surface area contributed by atoms with E-state index in [0.717, 1.165) is 24.2 Å². The highest BCUT2D eigenvalue weighted by Gasteiger charge is 2.45. The highest BCUT2D eigenvalue weighted by atomic mass is 16.5. The van der Waals surface area contributed by atoms with Gasteiger partial charge < -0.3 is 25.3 Å². The van der Waals surface area contributed by atoms with Crippen molar-refractivity contribution >= 4 is 17.8 Å². The maximum atomic E-state index is 13.6. The third-order valence-corrected chi connectivity index (χ3v) is 8.27. The molecule has 3 N–H and O–H groups in total. The van der Waals surface area contributed by atoms with Crippen molar-refractivity contribution in [1.82, 2.24) is 10.2 Å². The number of rotatable bonds is 6. The van der Waals surface area contributed by atoms with Gasteiger partial charge in [-0.25, -0.2) is 4.99 Å². The second-order valence-electron chi connectivity index (χ2n) is 11.3. The number of ether oxygens (including phenoxy) is 3. The molecule has 208 valence electrons. The standard InChI is InChI=1S/C30H38N4O5/c1-6-30(7-2)16-25(35)34(28(31)33-30)26-20-14-18(12-13-22(20)38-17-24(26)37-5)27(36)32-21-15-29(3,4)39-23-11-9-8-10-19(21)23/h8-14,21,24,26H,6-7,15-17H2,1-5H3,(H2,31,33)(H,32,36)/t21-,24?,26-/m0/s1. The van der Waals surface area contributed by atoms with Gasteiger partial charge in [0.2, 0.25) is 5.91 Å². The molecule has 5 rings (SSSR count). The van der Waals surface area contributed by atoms with Crippen LogP contribution in [0.4, 0.5) is 0 Å². The topological polar surface area (TPSA) is 115 Å². The number of carbonyl (C=O) groups is 2. The van der Waals surface area contributed by atoms with Crippen molar-refractivity contribution in [2.75, 3.05) is 13.7 Å². The zero-order valence-corrected chi connectivity index (χ0v) is 23.3. The molecule has 0 saturated carbocycles. The van der Waals surface area contributed by atoms with Crippen LogP contribution in [0, 0.1) is 0 Å². The summed E-state index contributed by atoms with van der Waals surface area (Å²) in [5.41, 5.74) is 7.61. The van der Waals surface area contributed by atoms with E-state index in [2.05, 4.69) is 5.32 Å². The van der Waals surface area contributed by atoms with Gasteiger partial charge in [0.25, 0.3) is 5.91 Å². The van der Waals surface area contributed by atoms with E-state index in [9.17, 15) is 9.59 Å². The number of benzene rings is 2. The lowest BCUT2D eigenvalue weighted by atomic mass is 9.86. The molecule has 0 fully saturated rings. The van der Waals surface area contributed by atoms with Gasteiger partial charge in [0.1, 0.15) is 29.8 Å². The number of nitrogens with zero attached hydrogens (tertiary/aromatic N) is 2. The Labute approximate surface area is 229 Å². The fourth-order valence-electron chi connectivity index (χ4n) is 5.98. The summed E-state index contributed by atoms with van der Waals surface area (Å²) < 4.78 is 17.8. The van der Waals surface area contributed by atoms with E-state index in [4.69, 9.17) is 24.9 Å². The molecular weight excluding hydrogens is 496 g/mol. The molecule has 9 nitrogen and oxygen atoms in total. The zero-order chi connectivity index (χ0) is 27.9. The van der Waals surface area contributed by atoms with E-state index in [0.29, 0.717) is 23.3 Å². The fraction of sp³-hybridized carbons (Fsp3) is 0.500. The Morgan fingerprint density at radius 2 is 1.90 bits per heavy atom. The summed E-state index contributed by atoms with van der Waals surface area (Å²) >= 11 is 0. The highest BCUT2D eigenvalue weighted by Crippen LogP contribution is 2.42. The molecule has 1 unspecified atom stereocenters. The normalized spacial score (nSPS) is 24.9. The Morgan fingerprint density at radius 3 is 2.59 bits per heavy atom. The minimum Gasteiger partial charge on any atom is -0.490 e. The molecule has 0 saturated heterocycles. The number of guanidine groups is 1. The summed E-state index contributed by atoms with van der Waals surface area (Å²) in [6.07, 6.45) is 1.86. The van der Waals surface area contributed by atoms with Gasteiger partial charge in [0.15, 0.2) is 5.96 Å². The van der Waals surface area contributed by atoms with Crippen LogP contribution in [0.3, 0.4) is 0 Å². The number of aliphatic imine (C=N–C) groups is 1. The number of nitrogens with one attached hydrogen (secondary N) is 1. The molecule has 0 aliphatic carbocycles. The molecule has 0 aromatic heterocycles. The molecule has 0 bridgehead atoms. The molecule has 3 atom stereocenters. The molecule has 3 aliphatic heterocycles. The van der Waals surface area contributed by atoms with Crippen molar-refractivity contribution in [3.63, 3.8) is 0 Å². The Morgan fingerprint density at radius 1 is 1.15 bits per heavy atom. The second kappa shape index (κ2) is 10.2. The first-order valence-electron chi connectivity index (χ1n) is 13.7. The monoisotopic (exact) mass is 534 g/mol. The predicted octanol–water partition coefficient (Wildman–Crippen LogP) is 4.27. The van der Waals surface area contributed by atoms with E-state index in [1.807, 2.05) is 52.0 Å². The lowest BCUT2D eigenvalue weighted by Gasteiger charge is -2.44. The number of nitrogens with two attached hydrogens (primary N) is 1. The van der Waals surface area contributed by atoms with Crippen molar-refractivity contribution < 1.29 is 23.8 Å². The van der Waals surface area contributed by atoms with E-state index >= 15 is 0 Å². The fourth-order valence-corrected chi connectivity index (χ4v) is 5.98. The number of methoxy groups -OCH3 is 1. The summed E-state index contributed by atoms with van der Waals surface area (Å²) in [6, 6.07) is 12.3. The van der Waals surface area contributed by atoms with E-state index in [1.165, 1.54) is 4.90 Å². The number of fused-ring (bicyclic) bond motifs is 2. The van der Waals surface area contributed by atoms with Crippen molar-refractivity contribution in [1.29, 1.82) is 0 Å². The van der Waals surface area contributed by atoms with E-state index in [-0.39, 0.29) is 36.8 Å². The van der Waals surface area contributed by atoms with Gasteiger partial charge in [0, 0.05) is 30.2 Å². The number of hydrogen-bond donors (Lipinski definition) is 2. The van der Waals surface area contributed by atoms with Crippen LogP contribution in [0.2, 0.25) is 0 Å². The number of para-hydroxylation sites is 1. The predicted molar refractivity (Wildman–Crippen MR) is 148 cm³/mol. The molecule has 3 aliphatic rings. The van der Waals surface area contributed by atoms with Gasteiger partial charge in [-0.1, -0.05) is 32.0 Å². The molecular formula is C30H38N4O5. The maximum Gasteiger partial charge on any atom is 0.251 e. The molecule has 0 radical (unpaired) electrons. The van der Waals surface area contributed by atoms with Crippen molar-refractivity contribution in [2.45, 2.75) is 82.7 Å². The molecule has 2 aromatic rings. The molecule has 0 spiro atoms. The Balaban J connectivity index is 1.48. The molecule has 3 heterocycles. The number of carbonyl (C=O) groups excluding carboxylic acids is 2. The SMILES string of the molecule is CCC1(CC)CC(=O)N([C@H]2c3cc(C(=O)N[C@H]4CC(C)(C)Oc5ccccc54)ccc3OCC2OC)C(N)=N1. The maximum absolute atomic E-state index is 13.6. The molecule has 2 aromatic carbocycles. The minimum absolute atomic E-state index is 0.109. The third-order valence-electron chi connectivity index (χ3n) is 8.27. The van der Waals surface area contributed by atoms with Crippen molar-refractivity contribution in [3.8, 4) is 11.5 Å². The smallest absolute Gasteiger partial charge is 0.251 e. The molecule has 39 heavy (non-hydrogen) atoms. The minimum atomic E-state index is -0.572. The van der Waals surface area contributed by atoms with Crippen molar-refractivity contribution in [2.24, 2.45) is 10.7 Å². The van der Waals surface area contributed by atoms with Crippen LogP contribution < -0.4 is 20.5 Å². The van der Waals surface area contributed by atoms with E-state index < -0.39 is 23.3 Å². The molecule has 9 heteroatoms. The third kappa shape index (κ3) is 4.95. The van der Waals surface area contributed by atoms with Crippen LogP contribution >= 0.6 is 0 Å². The van der Waals surface area contributed by atoms with Gasteiger partial charge in [-0.2, -0.15) is 0 Å². The molecule has 2 amide bonds. The largest absolute Gasteiger partial charge is 0.490 e. The Hall–Kier alpha value is -3.59. The summed E-state index contributed by atoms with van der Waals surface area (Å²) in [5.74, 6) is 1.20. The highest BCUT2D eigenvalue weighted by molar-refractivity contribution is 6.00. The van der Waals surface area contributed by atoms with Gasteiger partial charge in [-0.3, -0.25) is 14.5 Å². The van der Waals surface area contributed by atoms with Gasteiger partial charge in [-0.05, 0) is 51.0 Å². The Kier molecular flexibility index (Phi) is 7.05. The van der Waals surface area contributed by atoms with E-state index in [1.54, 1.807) is 25.3 Å². The van der Waals surface area contributed by atoms with Crippen molar-refractivity contribution in [3.05, 3.63) is 59.2 Å². The van der Waals surface area contributed by atoms with Crippen LogP contribution in [0.1, 0.15) is 86.9 Å². The van der Waals surface area contributed by atoms with Crippen LogP contribution in [-0.4, -0.2) is 53.6 Å². The van der Waals surface area contributed by atoms with Crippen LogP contribution in [0.25, 0.3) is 0 Å². The Bertz CT molecular complexity index is 1300. The van der Waals surface area contributed by atoms with Crippen LogP contribution in [0.5, 0.6) is 11.5 Å². The van der Waals surface area contributed by atoms with Gasteiger partial charge in [0.05, 0.1) is 24.0 Å². The van der Waals surface area contributed by atoms with Gasteiger partial charge >= 0.3 is 0 Å². The zero-order valence-electron chi connectivity index (χ0n) is 23.3. The average molecular weight is 535 g/mol. The summed E-state index contributed by atoms with van der Waals surface area (Å²) in [6.45, 7) is 8.32. The second-order valence-corrected chi connectivity index (χ2v) is 11.3. The lowest BCUT2D eigenvalue weighted by molar-refractivity contribution is -0.135. The summed E-state index contributed by atoms with van der Waals surface area (Å²) in [4.78, 5) is 33.4. The first-order valence-corrected chi connectivity index (χ1v) is 13.7. The van der Waals surface area contributed by atoms with Crippen LogP contribution in [0.15, 0.2) is 47.5 Å². The average Bonchev–Trinajstić information content (AvgIpc) is 2.91. The first-order chi connectivity index (χ1) is 18.6. The summed E-state index contributed by atoms with van der Waals surface area (Å²) in [5, 5.41) is 3.20. The number of amides is 2. The number of hydrogen-bond acceptors (Lipinski definition) is 7. The van der Waals surface area contributed by atoms with Crippen LogP contribution in [-0.2, 0) is 9.53 Å². The van der Waals surface area contributed by atoms with Gasteiger partial charge in [-0.15, -0.1) is 0 Å². The summed E-state index contributed by atoms with van der Waals surface area (Å²) in [7, 11) is 1.58. The first kappa shape index (κ1) is 27.0. The quantitative estimate of drug-likeness (QED) is 0.572. The lowest BCUT2D eigenvalue weighted by Crippen LogP contribution is -2.56.